The third kappa shape index (κ3) is 3.55. The number of likely N-dealkylation sites (tertiary alicyclic amines) is 1. The number of hydrogen-bond acceptors (Lipinski definition) is 3. The van der Waals surface area contributed by atoms with Gasteiger partial charge in [0.15, 0.2) is 0 Å². The number of carbonyl (C=O) groups excluding carboxylic acids is 1. The van der Waals surface area contributed by atoms with Crippen LogP contribution in [0.3, 0.4) is 0 Å². The molecule has 3 rings (SSSR count). The van der Waals surface area contributed by atoms with Gasteiger partial charge in [-0.3, -0.25) is 9.78 Å². The minimum Gasteiger partial charge on any atom is -0.493 e. The Hall–Kier alpha value is -1.58. The molecule has 2 aliphatic rings. The molecule has 1 aliphatic carbocycles. The van der Waals surface area contributed by atoms with Crippen LogP contribution in [0.15, 0.2) is 18.3 Å². The normalized spacial score (nSPS) is 22.7. The minimum absolute atomic E-state index is 0.313. The molecule has 1 aliphatic heterocycles. The predicted octanol–water partition coefficient (Wildman–Crippen LogP) is 2.81. The van der Waals surface area contributed by atoms with E-state index in [-0.39, 0.29) is 0 Å². The molecule has 1 aromatic rings. The molecule has 0 aromatic carbocycles. The summed E-state index contributed by atoms with van der Waals surface area (Å²) < 4.78 is 5.88. The SMILES string of the molecule is Cc1cc(OCC2CCCN(C(=O)C3CCC3)C2)ccn1. The number of aryl methyl sites for hydroxylation is 1. The zero-order valence-electron chi connectivity index (χ0n) is 12.8. The Bertz CT molecular complexity index is 499. The first-order valence-electron chi connectivity index (χ1n) is 8.06. The highest BCUT2D eigenvalue weighted by atomic mass is 16.5. The van der Waals surface area contributed by atoms with Gasteiger partial charge in [-0.05, 0) is 38.7 Å². The maximum atomic E-state index is 12.3. The lowest BCUT2D eigenvalue weighted by molar-refractivity contribution is -0.140. The first-order valence-corrected chi connectivity index (χ1v) is 8.06. The lowest BCUT2D eigenvalue weighted by atomic mass is 9.83. The van der Waals surface area contributed by atoms with Crippen LogP contribution < -0.4 is 4.74 Å². The molecule has 0 spiro atoms. The van der Waals surface area contributed by atoms with Crippen LogP contribution in [0.5, 0.6) is 5.75 Å². The zero-order valence-corrected chi connectivity index (χ0v) is 12.8. The molecule has 1 saturated heterocycles. The molecule has 1 aromatic heterocycles. The van der Waals surface area contributed by atoms with Gasteiger partial charge in [-0.15, -0.1) is 0 Å². The maximum Gasteiger partial charge on any atom is 0.225 e. The van der Waals surface area contributed by atoms with Crippen LogP contribution in [0.1, 0.15) is 37.8 Å². The average Bonchev–Trinajstić information content (AvgIpc) is 2.44. The van der Waals surface area contributed by atoms with Crippen molar-refractivity contribution in [3.05, 3.63) is 24.0 Å². The van der Waals surface area contributed by atoms with Gasteiger partial charge >= 0.3 is 0 Å². The Morgan fingerprint density at radius 2 is 2.24 bits per heavy atom. The van der Waals surface area contributed by atoms with Crippen LogP contribution in [-0.2, 0) is 4.79 Å². The molecular formula is C17H24N2O2. The summed E-state index contributed by atoms with van der Waals surface area (Å²) in [5, 5.41) is 0. The van der Waals surface area contributed by atoms with Crippen molar-refractivity contribution in [1.82, 2.24) is 9.88 Å². The minimum atomic E-state index is 0.313. The maximum absolute atomic E-state index is 12.3. The van der Waals surface area contributed by atoms with Crippen molar-refractivity contribution >= 4 is 5.91 Å². The number of amides is 1. The average molecular weight is 288 g/mol. The Kier molecular flexibility index (Phi) is 4.42. The standard InChI is InChI=1S/C17H24N2O2/c1-13-10-16(7-8-18-13)21-12-14-4-3-9-19(11-14)17(20)15-5-2-6-15/h7-8,10,14-15H,2-6,9,11-12H2,1H3. The summed E-state index contributed by atoms with van der Waals surface area (Å²) in [5.74, 6) is 2.03. The van der Waals surface area contributed by atoms with Crippen molar-refractivity contribution < 1.29 is 9.53 Å². The van der Waals surface area contributed by atoms with E-state index in [2.05, 4.69) is 9.88 Å². The third-order valence-electron chi connectivity index (χ3n) is 4.64. The van der Waals surface area contributed by atoms with Crippen molar-refractivity contribution in [2.75, 3.05) is 19.7 Å². The van der Waals surface area contributed by atoms with E-state index < -0.39 is 0 Å². The summed E-state index contributed by atoms with van der Waals surface area (Å²) in [6, 6.07) is 3.85. The lowest BCUT2D eigenvalue weighted by Gasteiger charge is -2.37. The molecular weight excluding hydrogens is 264 g/mol. The molecule has 1 atom stereocenters. The lowest BCUT2D eigenvalue weighted by Crippen LogP contribution is -2.45. The van der Waals surface area contributed by atoms with Gasteiger partial charge in [-0.2, -0.15) is 0 Å². The van der Waals surface area contributed by atoms with E-state index in [1.165, 1.54) is 6.42 Å². The smallest absolute Gasteiger partial charge is 0.225 e. The summed E-state index contributed by atoms with van der Waals surface area (Å²) in [7, 11) is 0. The summed E-state index contributed by atoms with van der Waals surface area (Å²) >= 11 is 0. The number of aromatic nitrogens is 1. The largest absolute Gasteiger partial charge is 0.493 e. The highest BCUT2D eigenvalue weighted by molar-refractivity contribution is 5.79. The Labute approximate surface area is 126 Å². The van der Waals surface area contributed by atoms with Crippen LogP contribution in [0.2, 0.25) is 0 Å². The molecule has 114 valence electrons. The van der Waals surface area contributed by atoms with Gasteiger partial charge in [-0.25, -0.2) is 0 Å². The van der Waals surface area contributed by atoms with E-state index in [1.807, 2.05) is 19.1 Å². The zero-order chi connectivity index (χ0) is 14.7. The Morgan fingerprint density at radius 1 is 1.38 bits per heavy atom. The van der Waals surface area contributed by atoms with Crippen LogP contribution in [0.25, 0.3) is 0 Å². The number of rotatable bonds is 4. The van der Waals surface area contributed by atoms with Gasteiger partial charge in [-0.1, -0.05) is 6.42 Å². The van der Waals surface area contributed by atoms with Gasteiger partial charge < -0.3 is 9.64 Å². The van der Waals surface area contributed by atoms with Gasteiger partial charge in [0, 0.05) is 42.9 Å². The van der Waals surface area contributed by atoms with Crippen molar-refractivity contribution in [1.29, 1.82) is 0 Å². The van der Waals surface area contributed by atoms with Gasteiger partial charge in [0.05, 0.1) is 6.61 Å². The Morgan fingerprint density at radius 3 is 2.95 bits per heavy atom. The van der Waals surface area contributed by atoms with Gasteiger partial charge in [0.2, 0.25) is 5.91 Å². The van der Waals surface area contributed by atoms with Crippen molar-refractivity contribution in [2.24, 2.45) is 11.8 Å². The van der Waals surface area contributed by atoms with E-state index in [4.69, 9.17) is 4.74 Å². The van der Waals surface area contributed by atoms with E-state index in [0.717, 1.165) is 50.2 Å². The van der Waals surface area contributed by atoms with Gasteiger partial charge in [0.25, 0.3) is 0 Å². The molecule has 0 bridgehead atoms. The molecule has 1 amide bonds. The molecule has 4 heteroatoms. The number of piperidine rings is 1. The molecule has 0 N–H and O–H groups in total. The second-order valence-electron chi connectivity index (χ2n) is 6.36. The molecule has 2 heterocycles. The monoisotopic (exact) mass is 288 g/mol. The Balaban J connectivity index is 1.50. The summed E-state index contributed by atoms with van der Waals surface area (Å²) in [6.07, 6.45) is 7.43. The predicted molar refractivity (Wildman–Crippen MR) is 81.1 cm³/mol. The van der Waals surface area contributed by atoms with Crippen LogP contribution in [0, 0.1) is 18.8 Å². The quantitative estimate of drug-likeness (QED) is 0.855. The first kappa shape index (κ1) is 14.4. The van der Waals surface area contributed by atoms with Crippen molar-refractivity contribution in [2.45, 2.75) is 39.0 Å². The number of hydrogen-bond donors (Lipinski definition) is 0. The van der Waals surface area contributed by atoms with Gasteiger partial charge in [0.1, 0.15) is 5.75 Å². The molecule has 1 saturated carbocycles. The van der Waals surface area contributed by atoms with Crippen LogP contribution >= 0.6 is 0 Å². The highest BCUT2D eigenvalue weighted by Crippen LogP contribution is 2.30. The first-order chi connectivity index (χ1) is 10.2. The molecule has 4 nitrogen and oxygen atoms in total. The topological polar surface area (TPSA) is 42.4 Å². The fraction of sp³-hybridized carbons (Fsp3) is 0.647. The number of carbonyl (C=O) groups is 1. The third-order valence-corrected chi connectivity index (χ3v) is 4.64. The summed E-state index contributed by atoms with van der Waals surface area (Å²) in [6.45, 7) is 4.45. The molecule has 0 radical (unpaired) electrons. The molecule has 1 unspecified atom stereocenters. The number of ether oxygens (including phenoxy) is 1. The van der Waals surface area contributed by atoms with E-state index >= 15 is 0 Å². The van der Waals surface area contributed by atoms with E-state index in [9.17, 15) is 4.79 Å². The highest BCUT2D eigenvalue weighted by Gasteiger charge is 2.32. The fourth-order valence-corrected chi connectivity index (χ4v) is 3.14. The molecule has 21 heavy (non-hydrogen) atoms. The second kappa shape index (κ2) is 6.46. The van der Waals surface area contributed by atoms with Crippen LogP contribution in [0.4, 0.5) is 0 Å². The van der Waals surface area contributed by atoms with E-state index in [0.29, 0.717) is 24.3 Å². The van der Waals surface area contributed by atoms with E-state index in [1.54, 1.807) is 6.20 Å². The fourth-order valence-electron chi connectivity index (χ4n) is 3.14. The number of pyridine rings is 1. The van der Waals surface area contributed by atoms with Crippen molar-refractivity contribution in [3.63, 3.8) is 0 Å². The summed E-state index contributed by atoms with van der Waals surface area (Å²) in [5.41, 5.74) is 0.970. The second-order valence-corrected chi connectivity index (χ2v) is 6.36. The number of nitrogens with zero attached hydrogens (tertiary/aromatic N) is 2. The van der Waals surface area contributed by atoms with Crippen LogP contribution in [-0.4, -0.2) is 35.5 Å². The summed E-state index contributed by atoms with van der Waals surface area (Å²) in [4.78, 5) is 18.6. The van der Waals surface area contributed by atoms with Crippen molar-refractivity contribution in [3.8, 4) is 5.75 Å². The molecule has 2 fully saturated rings.